The highest BCUT2D eigenvalue weighted by atomic mass is 16.1. The lowest BCUT2D eigenvalue weighted by molar-refractivity contribution is 0.795. The number of fused-ring (bicyclic) bond motifs is 1. The lowest BCUT2D eigenvalue weighted by Crippen LogP contribution is -2.19. The zero-order chi connectivity index (χ0) is 16.6. The molecule has 0 radical (unpaired) electrons. The number of hydrogen-bond donors (Lipinski definition) is 2. The summed E-state index contributed by atoms with van der Waals surface area (Å²) >= 11 is 0. The molecule has 0 aliphatic rings. The van der Waals surface area contributed by atoms with E-state index < -0.39 is 0 Å². The Labute approximate surface area is 132 Å². The summed E-state index contributed by atoms with van der Waals surface area (Å²) in [7, 11) is 3.49. The third kappa shape index (κ3) is 2.45. The van der Waals surface area contributed by atoms with Gasteiger partial charge in [-0.25, -0.2) is 14.9 Å². The monoisotopic (exact) mass is 314 g/mol. The number of hydrazone groups is 1. The van der Waals surface area contributed by atoms with Crippen molar-refractivity contribution in [2.45, 2.75) is 13.3 Å². The minimum Gasteiger partial charge on any atom is -0.335 e. The molecule has 3 N–H and O–H groups in total. The predicted molar refractivity (Wildman–Crippen MR) is 88.9 cm³/mol. The normalized spacial score (nSPS) is 11.6. The van der Waals surface area contributed by atoms with E-state index in [1.54, 1.807) is 29.4 Å². The molecule has 3 aromatic rings. The van der Waals surface area contributed by atoms with Gasteiger partial charge in [-0.3, -0.25) is 9.13 Å². The van der Waals surface area contributed by atoms with Gasteiger partial charge in [-0.05, 0) is 17.7 Å². The van der Waals surface area contributed by atoms with Crippen LogP contribution in [-0.4, -0.2) is 30.2 Å². The van der Waals surface area contributed by atoms with Crippen molar-refractivity contribution in [3.05, 3.63) is 40.1 Å². The summed E-state index contributed by atoms with van der Waals surface area (Å²) < 4.78 is 4.57. The molecule has 0 unspecified atom stereocenters. The first kappa shape index (κ1) is 14.8. The predicted octanol–water partition coefficient (Wildman–Crippen LogP) is 0.191. The summed E-state index contributed by atoms with van der Waals surface area (Å²) in [6, 6.07) is 5.67. The van der Waals surface area contributed by atoms with E-state index in [9.17, 15) is 4.79 Å². The van der Waals surface area contributed by atoms with Crippen molar-refractivity contribution < 1.29 is 0 Å². The molecule has 3 rings (SSSR count). The van der Waals surface area contributed by atoms with E-state index in [0.717, 1.165) is 16.6 Å². The summed E-state index contributed by atoms with van der Waals surface area (Å²) in [6.07, 6.45) is 2.32. The maximum atomic E-state index is 11.9. The van der Waals surface area contributed by atoms with Gasteiger partial charge in [0.1, 0.15) is 0 Å². The van der Waals surface area contributed by atoms with Gasteiger partial charge in [0.2, 0.25) is 0 Å². The second-order valence-electron chi connectivity index (χ2n) is 5.18. The van der Waals surface area contributed by atoms with Gasteiger partial charge in [0.25, 0.3) is 5.95 Å². The van der Waals surface area contributed by atoms with Crippen molar-refractivity contribution in [2.24, 2.45) is 19.2 Å². The third-order valence-electron chi connectivity index (χ3n) is 3.76. The summed E-state index contributed by atoms with van der Waals surface area (Å²) in [6.45, 7) is 1.94. The van der Waals surface area contributed by atoms with E-state index in [2.05, 4.69) is 20.7 Å². The number of imidazole rings is 1. The molecular weight excluding hydrogens is 296 g/mol. The van der Waals surface area contributed by atoms with Crippen LogP contribution in [0.5, 0.6) is 0 Å². The topological polar surface area (TPSA) is 108 Å². The molecule has 0 aliphatic heterocycles. The molecule has 0 saturated carbocycles. The first-order valence-electron chi connectivity index (χ1n) is 7.16. The van der Waals surface area contributed by atoms with Crippen molar-refractivity contribution in [1.82, 2.24) is 24.0 Å². The van der Waals surface area contributed by atoms with Gasteiger partial charge in [0.15, 0.2) is 5.82 Å². The molecule has 9 nitrogen and oxygen atoms in total. The Balaban J connectivity index is 1.85. The Bertz CT molecular complexity index is 946. The molecule has 9 heteroatoms. The summed E-state index contributed by atoms with van der Waals surface area (Å²) in [5, 5.41) is 12.0. The Morgan fingerprint density at radius 2 is 2.00 bits per heavy atom. The van der Waals surface area contributed by atoms with Gasteiger partial charge in [0, 0.05) is 20.5 Å². The van der Waals surface area contributed by atoms with Gasteiger partial charge in [0.05, 0.1) is 17.2 Å². The lowest BCUT2D eigenvalue weighted by atomic mass is 10.2. The number of nitrogens with one attached hydrogen (secondary N) is 1. The van der Waals surface area contributed by atoms with E-state index in [0.29, 0.717) is 18.2 Å². The van der Waals surface area contributed by atoms with Crippen LogP contribution in [0.4, 0.5) is 5.95 Å². The van der Waals surface area contributed by atoms with Gasteiger partial charge in [-0.15, -0.1) is 10.2 Å². The van der Waals surface area contributed by atoms with Crippen molar-refractivity contribution in [3.8, 4) is 0 Å². The summed E-state index contributed by atoms with van der Waals surface area (Å²) in [5.41, 5.74) is 5.26. The van der Waals surface area contributed by atoms with Crippen molar-refractivity contribution >= 4 is 23.2 Å². The van der Waals surface area contributed by atoms with Gasteiger partial charge < -0.3 is 5.84 Å². The van der Waals surface area contributed by atoms with Crippen LogP contribution in [0.3, 0.4) is 0 Å². The molecule has 0 bridgehead atoms. The van der Waals surface area contributed by atoms with Crippen LogP contribution in [-0.2, 0) is 20.5 Å². The van der Waals surface area contributed by atoms with E-state index in [4.69, 9.17) is 5.84 Å². The molecule has 0 aliphatic carbocycles. The molecule has 0 atom stereocenters. The Hall–Kier alpha value is -3.10. The van der Waals surface area contributed by atoms with Crippen LogP contribution < -0.4 is 17.0 Å². The molecule has 120 valence electrons. The highest BCUT2D eigenvalue weighted by Crippen LogP contribution is 2.13. The zero-order valence-corrected chi connectivity index (χ0v) is 13.2. The largest absolute Gasteiger partial charge is 0.335 e. The van der Waals surface area contributed by atoms with Gasteiger partial charge in [-0.2, -0.15) is 5.10 Å². The minimum atomic E-state index is -0.0597. The number of aromatic nitrogens is 5. The number of hydrogen-bond acceptors (Lipinski definition) is 6. The van der Waals surface area contributed by atoms with E-state index >= 15 is 0 Å². The molecule has 1 aromatic carbocycles. The van der Waals surface area contributed by atoms with E-state index in [-0.39, 0.29) is 5.69 Å². The molecular formula is C14H18N8O. The average Bonchev–Trinajstić information content (AvgIpc) is 3.01. The first-order chi connectivity index (χ1) is 11.0. The lowest BCUT2D eigenvalue weighted by Gasteiger charge is -2.01. The number of benzene rings is 1. The standard InChI is InChI=1S/C14H18N8O/c1-4-12-17-19-13(22(12)15)18-16-8-9-5-6-10-11(7-9)21(3)14(23)20(10)2/h5-8H,4,15H2,1-3H3,(H,18,19)/b16-8-. The van der Waals surface area contributed by atoms with Crippen molar-refractivity contribution in [3.63, 3.8) is 0 Å². The molecule has 0 amide bonds. The molecule has 2 heterocycles. The number of nitrogens with zero attached hydrogens (tertiary/aromatic N) is 6. The highest BCUT2D eigenvalue weighted by molar-refractivity contribution is 5.87. The summed E-state index contributed by atoms with van der Waals surface area (Å²) in [5.74, 6) is 6.86. The Kier molecular flexibility index (Phi) is 3.61. The Morgan fingerprint density at radius 1 is 1.26 bits per heavy atom. The highest BCUT2D eigenvalue weighted by Gasteiger charge is 2.08. The average molecular weight is 314 g/mol. The third-order valence-corrected chi connectivity index (χ3v) is 3.76. The second-order valence-corrected chi connectivity index (χ2v) is 5.18. The maximum absolute atomic E-state index is 11.9. The van der Waals surface area contributed by atoms with Crippen molar-refractivity contribution in [1.29, 1.82) is 0 Å². The molecule has 23 heavy (non-hydrogen) atoms. The quantitative estimate of drug-likeness (QED) is 0.406. The van der Waals surface area contributed by atoms with E-state index in [1.807, 2.05) is 25.1 Å². The van der Waals surface area contributed by atoms with E-state index in [1.165, 1.54) is 4.68 Å². The fourth-order valence-electron chi connectivity index (χ4n) is 2.41. The van der Waals surface area contributed by atoms with Gasteiger partial charge in [-0.1, -0.05) is 13.0 Å². The fraction of sp³-hybridized carbons (Fsp3) is 0.286. The number of nitrogens with two attached hydrogens (primary N) is 1. The number of rotatable bonds is 4. The number of aryl methyl sites for hydroxylation is 3. The Morgan fingerprint density at radius 3 is 2.70 bits per heavy atom. The first-order valence-corrected chi connectivity index (χ1v) is 7.16. The van der Waals surface area contributed by atoms with Crippen molar-refractivity contribution in [2.75, 3.05) is 11.3 Å². The van der Waals surface area contributed by atoms with Crippen LogP contribution in [0, 0.1) is 0 Å². The van der Waals surface area contributed by atoms with Crippen LogP contribution in [0.2, 0.25) is 0 Å². The molecule has 0 fully saturated rings. The van der Waals surface area contributed by atoms with Gasteiger partial charge >= 0.3 is 5.69 Å². The van der Waals surface area contributed by atoms with Crippen LogP contribution >= 0.6 is 0 Å². The fourth-order valence-corrected chi connectivity index (χ4v) is 2.41. The van der Waals surface area contributed by atoms with Crippen LogP contribution in [0.15, 0.2) is 28.1 Å². The number of anilines is 1. The SMILES string of the molecule is CCc1nnc(N/N=C\c2ccc3c(c2)n(C)c(=O)n3C)n1N. The zero-order valence-electron chi connectivity index (χ0n) is 13.2. The van der Waals surface area contributed by atoms with Crippen LogP contribution in [0.1, 0.15) is 18.3 Å². The summed E-state index contributed by atoms with van der Waals surface area (Å²) in [4.78, 5) is 11.9. The minimum absolute atomic E-state index is 0.0597. The smallest absolute Gasteiger partial charge is 0.328 e. The molecule has 2 aromatic heterocycles. The maximum Gasteiger partial charge on any atom is 0.328 e. The second kappa shape index (κ2) is 5.59. The van der Waals surface area contributed by atoms with Crippen LogP contribution in [0.25, 0.3) is 11.0 Å². The number of nitrogen functional groups attached to an aromatic ring is 1. The molecule has 0 spiro atoms. The molecule has 0 saturated heterocycles.